The van der Waals surface area contributed by atoms with E-state index in [1.807, 2.05) is 31.2 Å². The van der Waals surface area contributed by atoms with E-state index in [0.29, 0.717) is 19.7 Å². The van der Waals surface area contributed by atoms with E-state index in [0.717, 1.165) is 28.6 Å². The number of hydrogen-bond donors (Lipinski definition) is 1. The standard InChI is InChI=1S/C20H23BrN2O3/c1-2-26-18-9-5-16(6-10-18)7-11-19(24)22-13-3-4-14-23-15-17(21)8-12-20(23)25/h5-12,15H,2-4,13-14H2,1H3,(H,22,24)/b11-7+. The van der Waals surface area contributed by atoms with Crippen LogP contribution in [0.4, 0.5) is 0 Å². The summed E-state index contributed by atoms with van der Waals surface area (Å²) in [4.78, 5) is 23.5. The van der Waals surface area contributed by atoms with Crippen molar-refractivity contribution in [2.75, 3.05) is 13.2 Å². The molecule has 0 saturated heterocycles. The summed E-state index contributed by atoms with van der Waals surface area (Å²) in [6.07, 6.45) is 6.70. The van der Waals surface area contributed by atoms with Crippen molar-refractivity contribution >= 4 is 27.9 Å². The van der Waals surface area contributed by atoms with Gasteiger partial charge in [0.1, 0.15) is 5.75 Å². The van der Waals surface area contributed by atoms with Crippen LogP contribution in [0.15, 0.2) is 57.9 Å². The van der Waals surface area contributed by atoms with Gasteiger partial charge in [0.15, 0.2) is 0 Å². The zero-order valence-corrected chi connectivity index (χ0v) is 16.4. The lowest BCUT2D eigenvalue weighted by Gasteiger charge is -2.06. The van der Waals surface area contributed by atoms with Crippen LogP contribution < -0.4 is 15.6 Å². The molecule has 0 fully saturated rings. The molecular formula is C20H23BrN2O3. The Bertz CT molecular complexity index is 797. The topological polar surface area (TPSA) is 60.3 Å². The molecule has 2 aromatic rings. The van der Waals surface area contributed by atoms with E-state index >= 15 is 0 Å². The Balaban J connectivity index is 1.68. The Labute approximate surface area is 161 Å². The maximum Gasteiger partial charge on any atom is 0.250 e. The van der Waals surface area contributed by atoms with Crippen LogP contribution in [0.5, 0.6) is 5.75 Å². The molecule has 2 rings (SSSR count). The van der Waals surface area contributed by atoms with Gasteiger partial charge in [-0.3, -0.25) is 9.59 Å². The predicted octanol–water partition coefficient (Wildman–Crippen LogP) is 3.62. The van der Waals surface area contributed by atoms with Gasteiger partial charge in [0, 0.05) is 35.9 Å². The number of aromatic nitrogens is 1. The van der Waals surface area contributed by atoms with Crippen LogP contribution in [0.2, 0.25) is 0 Å². The summed E-state index contributed by atoms with van der Waals surface area (Å²) < 4.78 is 7.92. The van der Waals surface area contributed by atoms with E-state index in [1.165, 1.54) is 12.1 Å². The second kappa shape index (κ2) is 10.6. The van der Waals surface area contributed by atoms with Gasteiger partial charge in [-0.2, -0.15) is 0 Å². The Kier molecular flexibility index (Phi) is 8.15. The Morgan fingerprint density at radius 3 is 2.69 bits per heavy atom. The molecule has 5 nitrogen and oxygen atoms in total. The molecule has 0 unspecified atom stereocenters. The zero-order chi connectivity index (χ0) is 18.8. The molecule has 0 aliphatic carbocycles. The lowest BCUT2D eigenvalue weighted by molar-refractivity contribution is -0.116. The molecule has 0 saturated carbocycles. The van der Waals surface area contributed by atoms with Crippen LogP contribution in [0.1, 0.15) is 25.3 Å². The highest BCUT2D eigenvalue weighted by molar-refractivity contribution is 9.10. The molecule has 1 heterocycles. The summed E-state index contributed by atoms with van der Waals surface area (Å²) >= 11 is 3.35. The molecule has 0 aliphatic heterocycles. The summed E-state index contributed by atoms with van der Waals surface area (Å²) in [5.74, 6) is 0.692. The smallest absolute Gasteiger partial charge is 0.250 e. The maximum absolute atomic E-state index is 11.8. The number of halogens is 1. The van der Waals surface area contributed by atoms with Gasteiger partial charge in [-0.05, 0) is 65.5 Å². The number of unbranched alkanes of at least 4 members (excludes halogenated alkanes) is 1. The van der Waals surface area contributed by atoms with Crippen molar-refractivity contribution < 1.29 is 9.53 Å². The lowest BCUT2D eigenvalue weighted by Crippen LogP contribution is -2.23. The highest BCUT2D eigenvalue weighted by Gasteiger charge is 1.99. The fourth-order valence-corrected chi connectivity index (χ4v) is 2.75. The average molecular weight is 419 g/mol. The molecular weight excluding hydrogens is 396 g/mol. The van der Waals surface area contributed by atoms with E-state index < -0.39 is 0 Å². The summed E-state index contributed by atoms with van der Waals surface area (Å²) in [6, 6.07) is 10.8. The van der Waals surface area contributed by atoms with E-state index in [9.17, 15) is 9.59 Å². The van der Waals surface area contributed by atoms with Crippen LogP contribution in [0, 0.1) is 0 Å². The second-order valence-corrected chi connectivity index (χ2v) is 6.63. The van der Waals surface area contributed by atoms with Crippen LogP contribution in [0.25, 0.3) is 6.08 Å². The van der Waals surface area contributed by atoms with Crippen LogP contribution >= 0.6 is 15.9 Å². The first-order chi connectivity index (χ1) is 12.6. The average Bonchev–Trinajstić information content (AvgIpc) is 2.64. The van der Waals surface area contributed by atoms with Gasteiger partial charge in [0.25, 0.3) is 5.56 Å². The Morgan fingerprint density at radius 1 is 1.19 bits per heavy atom. The summed E-state index contributed by atoms with van der Waals surface area (Å²) in [7, 11) is 0. The number of carbonyl (C=O) groups is 1. The summed E-state index contributed by atoms with van der Waals surface area (Å²) in [5.41, 5.74) is 0.924. The SMILES string of the molecule is CCOc1ccc(/C=C/C(=O)NCCCCn2cc(Br)ccc2=O)cc1. The third-order valence-electron chi connectivity index (χ3n) is 3.69. The molecule has 1 aromatic carbocycles. The number of ether oxygens (including phenoxy) is 1. The molecule has 26 heavy (non-hydrogen) atoms. The van der Waals surface area contributed by atoms with Crippen LogP contribution in [0.3, 0.4) is 0 Å². The number of amides is 1. The first-order valence-corrected chi connectivity index (χ1v) is 9.42. The fourth-order valence-electron chi connectivity index (χ4n) is 2.37. The summed E-state index contributed by atoms with van der Waals surface area (Å²) in [5, 5.41) is 2.85. The van der Waals surface area contributed by atoms with Gasteiger partial charge < -0.3 is 14.6 Å². The van der Waals surface area contributed by atoms with Crippen molar-refractivity contribution in [1.82, 2.24) is 9.88 Å². The lowest BCUT2D eigenvalue weighted by atomic mass is 10.2. The number of nitrogens with zero attached hydrogens (tertiary/aromatic N) is 1. The highest BCUT2D eigenvalue weighted by atomic mass is 79.9. The van der Waals surface area contributed by atoms with Gasteiger partial charge in [0.05, 0.1) is 6.61 Å². The summed E-state index contributed by atoms with van der Waals surface area (Å²) in [6.45, 7) is 3.79. The van der Waals surface area contributed by atoms with Gasteiger partial charge >= 0.3 is 0 Å². The molecule has 1 N–H and O–H groups in total. The fraction of sp³-hybridized carbons (Fsp3) is 0.300. The zero-order valence-electron chi connectivity index (χ0n) is 14.8. The number of aryl methyl sites for hydroxylation is 1. The molecule has 0 bridgehead atoms. The van der Waals surface area contributed by atoms with Crippen molar-refractivity contribution in [3.05, 3.63) is 69.1 Å². The van der Waals surface area contributed by atoms with Crippen molar-refractivity contribution in [1.29, 1.82) is 0 Å². The molecule has 0 aliphatic rings. The third kappa shape index (κ3) is 6.88. The van der Waals surface area contributed by atoms with Gasteiger partial charge in [-0.1, -0.05) is 12.1 Å². The van der Waals surface area contributed by atoms with E-state index in [2.05, 4.69) is 21.2 Å². The van der Waals surface area contributed by atoms with E-state index in [-0.39, 0.29) is 11.5 Å². The van der Waals surface area contributed by atoms with Gasteiger partial charge in [-0.25, -0.2) is 0 Å². The quantitative estimate of drug-likeness (QED) is 0.499. The third-order valence-corrected chi connectivity index (χ3v) is 4.16. The number of nitrogens with one attached hydrogen (secondary N) is 1. The number of rotatable bonds is 9. The highest BCUT2D eigenvalue weighted by Crippen LogP contribution is 2.13. The molecule has 6 heteroatoms. The minimum absolute atomic E-state index is 0.0180. The predicted molar refractivity (Wildman–Crippen MR) is 107 cm³/mol. The molecule has 0 atom stereocenters. The van der Waals surface area contributed by atoms with Crippen molar-refractivity contribution in [2.45, 2.75) is 26.3 Å². The Morgan fingerprint density at radius 2 is 1.96 bits per heavy atom. The number of pyridine rings is 1. The van der Waals surface area contributed by atoms with Crippen LogP contribution in [-0.4, -0.2) is 23.6 Å². The molecule has 0 radical (unpaired) electrons. The molecule has 1 amide bonds. The monoisotopic (exact) mass is 418 g/mol. The van der Waals surface area contributed by atoms with Crippen molar-refractivity contribution in [3.8, 4) is 5.75 Å². The minimum atomic E-state index is -0.126. The number of hydrogen-bond acceptors (Lipinski definition) is 3. The van der Waals surface area contributed by atoms with Crippen molar-refractivity contribution in [3.63, 3.8) is 0 Å². The number of benzene rings is 1. The number of carbonyl (C=O) groups excluding carboxylic acids is 1. The second-order valence-electron chi connectivity index (χ2n) is 5.71. The molecule has 138 valence electrons. The van der Waals surface area contributed by atoms with Gasteiger partial charge in [-0.15, -0.1) is 0 Å². The largest absolute Gasteiger partial charge is 0.494 e. The van der Waals surface area contributed by atoms with Gasteiger partial charge in [0.2, 0.25) is 5.91 Å². The molecule has 0 spiro atoms. The molecule has 1 aromatic heterocycles. The first-order valence-electron chi connectivity index (χ1n) is 8.63. The first kappa shape index (κ1) is 20.0. The maximum atomic E-state index is 11.8. The van der Waals surface area contributed by atoms with E-state index in [1.54, 1.807) is 22.9 Å². The minimum Gasteiger partial charge on any atom is -0.494 e. The van der Waals surface area contributed by atoms with Crippen molar-refractivity contribution in [2.24, 2.45) is 0 Å². The van der Waals surface area contributed by atoms with Crippen LogP contribution in [-0.2, 0) is 11.3 Å². The normalized spacial score (nSPS) is 10.8. The Hall–Kier alpha value is -2.34. The van der Waals surface area contributed by atoms with E-state index in [4.69, 9.17) is 4.74 Å².